The molecule has 32 heavy (non-hydrogen) atoms. The Balaban J connectivity index is 1.57. The molecule has 0 unspecified atom stereocenters. The first-order valence-electron chi connectivity index (χ1n) is 10.5. The van der Waals surface area contributed by atoms with E-state index < -0.39 is 10.0 Å². The fourth-order valence-electron chi connectivity index (χ4n) is 3.58. The summed E-state index contributed by atoms with van der Waals surface area (Å²) in [5.41, 5.74) is 0.718. The molecule has 0 saturated carbocycles. The van der Waals surface area contributed by atoms with Crippen molar-refractivity contribution in [2.45, 2.75) is 31.1 Å². The van der Waals surface area contributed by atoms with Crippen molar-refractivity contribution in [3.8, 4) is 11.6 Å². The number of nitrogens with one attached hydrogen (secondary N) is 1. The SMILES string of the molecule is CCOc1ccc(NC(=O)c2ccc(-n3ccnc3)nc2)cc1S(=O)(=O)N1CCCCC1. The van der Waals surface area contributed by atoms with E-state index >= 15 is 0 Å². The van der Waals surface area contributed by atoms with Gasteiger partial charge in [0.15, 0.2) is 0 Å². The van der Waals surface area contributed by atoms with Gasteiger partial charge in [-0.05, 0) is 50.1 Å². The highest BCUT2D eigenvalue weighted by molar-refractivity contribution is 7.89. The normalized spacial score (nSPS) is 14.8. The van der Waals surface area contributed by atoms with Crippen LogP contribution in [0.25, 0.3) is 5.82 Å². The number of benzene rings is 1. The molecule has 168 valence electrons. The summed E-state index contributed by atoms with van der Waals surface area (Å²) >= 11 is 0. The van der Waals surface area contributed by atoms with Gasteiger partial charge >= 0.3 is 0 Å². The molecule has 0 spiro atoms. The summed E-state index contributed by atoms with van der Waals surface area (Å²) in [7, 11) is -3.73. The topological polar surface area (TPSA) is 106 Å². The van der Waals surface area contributed by atoms with Crippen LogP contribution >= 0.6 is 0 Å². The zero-order valence-electron chi connectivity index (χ0n) is 17.8. The summed E-state index contributed by atoms with van der Waals surface area (Å²) < 4.78 is 35.3. The number of sulfonamides is 1. The van der Waals surface area contributed by atoms with Crippen LogP contribution in [0.3, 0.4) is 0 Å². The van der Waals surface area contributed by atoms with Gasteiger partial charge in [0.2, 0.25) is 10.0 Å². The molecule has 1 aliphatic rings. The standard InChI is InChI=1S/C22H25N5O4S/c1-2-31-19-8-7-18(14-20(19)32(29,30)27-11-4-3-5-12-27)25-22(28)17-6-9-21(24-15-17)26-13-10-23-16-26/h6-10,13-16H,2-5,11-12H2,1H3,(H,25,28). The number of carbonyl (C=O) groups is 1. The lowest BCUT2D eigenvalue weighted by molar-refractivity contribution is 0.102. The average Bonchev–Trinajstić information content (AvgIpc) is 3.36. The Hall–Kier alpha value is -3.24. The number of pyridine rings is 1. The van der Waals surface area contributed by atoms with E-state index in [1.54, 1.807) is 54.5 Å². The van der Waals surface area contributed by atoms with Gasteiger partial charge in [-0.15, -0.1) is 0 Å². The monoisotopic (exact) mass is 455 g/mol. The molecule has 1 saturated heterocycles. The molecule has 0 bridgehead atoms. The van der Waals surface area contributed by atoms with Gasteiger partial charge in [-0.1, -0.05) is 6.42 Å². The van der Waals surface area contributed by atoms with Gasteiger partial charge in [0.25, 0.3) is 5.91 Å². The average molecular weight is 456 g/mol. The van der Waals surface area contributed by atoms with E-state index in [0.29, 0.717) is 36.8 Å². The molecular formula is C22H25N5O4S. The number of piperidine rings is 1. The smallest absolute Gasteiger partial charge is 0.257 e. The third-order valence-electron chi connectivity index (χ3n) is 5.21. The second-order valence-corrected chi connectivity index (χ2v) is 9.29. The van der Waals surface area contributed by atoms with Crippen LogP contribution in [0, 0.1) is 0 Å². The molecule has 1 fully saturated rings. The summed E-state index contributed by atoms with van der Waals surface area (Å²) in [6.07, 6.45) is 9.17. The number of hydrogen-bond acceptors (Lipinski definition) is 6. The minimum atomic E-state index is -3.73. The lowest BCUT2D eigenvalue weighted by Gasteiger charge is -2.27. The first-order valence-corrected chi connectivity index (χ1v) is 12.0. The lowest BCUT2D eigenvalue weighted by Crippen LogP contribution is -2.35. The molecule has 0 radical (unpaired) electrons. The van der Waals surface area contributed by atoms with Crippen LogP contribution in [0.5, 0.6) is 5.75 Å². The molecule has 3 aromatic rings. The van der Waals surface area contributed by atoms with Gasteiger partial charge in [0.05, 0.1) is 12.2 Å². The van der Waals surface area contributed by atoms with Crippen molar-refractivity contribution in [2.75, 3.05) is 25.0 Å². The lowest BCUT2D eigenvalue weighted by atomic mass is 10.2. The largest absolute Gasteiger partial charge is 0.492 e. The van der Waals surface area contributed by atoms with E-state index in [-0.39, 0.29) is 16.6 Å². The molecule has 4 rings (SSSR count). The zero-order valence-corrected chi connectivity index (χ0v) is 18.6. The molecule has 0 aliphatic carbocycles. The first-order chi connectivity index (χ1) is 15.5. The van der Waals surface area contributed by atoms with Crippen molar-refractivity contribution in [3.05, 3.63) is 60.8 Å². The third kappa shape index (κ3) is 4.66. The van der Waals surface area contributed by atoms with Gasteiger partial charge < -0.3 is 10.1 Å². The predicted octanol–water partition coefficient (Wildman–Crippen LogP) is 3.09. The number of ether oxygens (including phenoxy) is 1. The summed E-state index contributed by atoms with van der Waals surface area (Å²) in [6, 6.07) is 8.03. The highest BCUT2D eigenvalue weighted by Crippen LogP contribution is 2.31. The second kappa shape index (κ2) is 9.49. The molecule has 3 heterocycles. The predicted molar refractivity (Wildman–Crippen MR) is 120 cm³/mol. The summed E-state index contributed by atoms with van der Waals surface area (Å²) in [6.45, 7) is 3.11. The van der Waals surface area contributed by atoms with E-state index in [1.807, 2.05) is 0 Å². The Kier molecular flexibility index (Phi) is 6.52. The molecule has 1 aromatic carbocycles. The van der Waals surface area contributed by atoms with E-state index in [4.69, 9.17) is 4.74 Å². The van der Waals surface area contributed by atoms with Crippen LogP contribution in [0.1, 0.15) is 36.5 Å². The maximum absolute atomic E-state index is 13.3. The summed E-state index contributed by atoms with van der Waals surface area (Å²) in [5, 5.41) is 2.76. The number of aromatic nitrogens is 3. The van der Waals surface area contributed by atoms with Gasteiger partial charge in [-0.2, -0.15) is 4.31 Å². The van der Waals surface area contributed by atoms with Gasteiger partial charge in [-0.3, -0.25) is 9.36 Å². The number of nitrogens with zero attached hydrogens (tertiary/aromatic N) is 4. The third-order valence-corrected chi connectivity index (χ3v) is 7.13. The Labute approximate surface area is 187 Å². The number of hydrogen-bond donors (Lipinski definition) is 1. The number of rotatable bonds is 7. The van der Waals surface area contributed by atoms with Crippen LogP contribution in [-0.2, 0) is 10.0 Å². The van der Waals surface area contributed by atoms with Crippen molar-refractivity contribution < 1.29 is 17.9 Å². The quantitative estimate of drug-likeness (QED) is 0.587. The van der Waals surface area contributed by atoms with Crippen LogP contribution in [-0.4, -0.2) is 52.9 Å². The van der Waals surface area contributed by atoms with Gasteiger partial charge in [0, 0.05) is 37.4 Å². The number of amides is 1. The van der Waals surface area contributed by atoms with E-state index in [9.17, 15) is 13.2 Å². The molecule has 0 atom stereocenters. The fourth-order valence-corrected chi connectivity index (χ4v) is 5.25. The fraction of sp³-hybridized carbons (Fsp3) is 0.318. The number of carbonyl (C=O) groups excluding carboxylic acids is 1. The maximum atomic E-state index is 13.3. The molecule has 1 N–H and O–H groups in total. The van der Waals surface area contributed by atoms with Crippen LogP contribution in [0.4, 0.5) is 5.69 Å². The Bertz CT molecular complexity index is 1170. The molecule has 1 amide bonds. The Morgan fingerprint density at radius 3 is 2.62 bits per heavy atom. The van der Waals surface area contributed by atoms with Crippen molar-refractivity contribution in [1.82, 2.24) is 18.8 Å². The molecule has 10 heteroatoms. The van der Waals surface area contributed by atoms with E-state index in [0.717, 1.165) is 19.3 Å². The molecule has 2 aromatic heterocycles. The Morgan fingerprint density at radius 1 is 1.16 bits per heavy atom. The van der Waals surface area contributed by atoms with Crippen molar-refractivity contribution >= 4 is 21.6 Å². The van der Waals surface area contributed by atoms with Crippen LogP contribution < -0.4 is 10.1 Å². The zero-order chi connectivity index (χ0) is 22.6. The first kappa shape index (κ1) is 22.0. The Morgan fingerprint density at radius 2 is 1.97 bits per heavy atom. The minimum Gasteiger partial charge on any atom is -0.492 e. The minimum absolute atomic E-state index is 0.0626. The highest BCUT2D eigenvalue weighted by atomic mass is 32.2. The van der Waals surface area contributed by atoms with E-state index in [1.165, 1.54) is 16.6 Å². The van der Waals surface area contributed by atoms with Gasteiger partial charge in [0.1, 0.15) is 22.8 Å². The van der Waals surface area contributed by atoms with Gasteiger partial charge in [-0.25, -0.2) is 18.4 Å². The van der Waals surface area contributed by atoms with E-state index in [2.05, 4.69) is 15.3 Å². The van der Waals surface area contributed by atoms with Crippen molar-refractivity contribution in [2.24, 2.45) is 0 Å². The van der Waals surface area contributed by atoms with Crippen molar-refractivity contribution in [1.29, 1.82) is 0 Å². The number of anilines is 1. The summed E-state index contributed by atoms with van der Waals surface area (Å²) in [5.74, 6) is 0.526. The van der Waals surface area contributed by atoms with Crippen LogP contribution in [0.15, 0.2) is 60.1 Å². The second-order valence-electron chi connectivity index (χ2n) is 7.39. The summed E-state index contributed by atoms with van der Waals surface area (Å²) in [4.78, 5) is 21.0. The highest BCUT2D eigenvalue weighted by Gasteiger charge is 2.29. The van der Waals surface area contributed by atoms with Crippen molar-refractivity contribution in [3.63, 3.8) is 0 Å². The van der Waals surface area contributed by atoms with Crippen LogP contribution in [0.2, 0.25) is 0 Å². The molecule has 9 nitrogen and oxygen atoms in total. The maximum Gasteiger partial charge on any atom is 0.257 e. The number of imidazole rings is 1. The molecule has 1 aliphatic heterocycles. The molecular weight excluding hydrogens is 430 g/mol.